The third-order valence-corrected chi connectivity index (χ3v) is 12.2. The van der Waals surface area contributed by atoms with Crippen molar-refractivity contribution < 1.29 is 0 Å². The SMILES string of the molecule is c1ccc(-c2c(-c3cccc(N(c4cc5ccccc5c5ccccc45)c4cccc5c4sc4ccccc45)c3)c3ccccc3c3ccccc23)cc1. The van der Waals surface area contributed by atoms with Crippen molar-refractivity contribution in [2.24, 2.45) is 0 Å². The molecule has 1 heterocycles. The van der Waals surface area contributed by atoms with Gasteiger partial charge in [0.05, 0.1) is 16.1 Å². The van der Waals surface area contributed by atoms with Crippen LogP contribution in [0, 0.1) is 0 Å². The fraction of sp³-hybridized carbons (Fsp3) is 0. The van der Waals surface area contributed by atoms with Gasteiger partial charge in [0.15, 0.2) is 0 Å². The Labute approximate surface area is 317 Å². The monoisotopic (exact) mass is 703 g/mol. The Morgan fingerprint density at radius 3 is 1.57 bits per heavy atom. The van der Waals surface area contributed by atoms with Gasteiger partial charge >= 0.3 is 0 Å². The van der Waals surface area contributed by atoms with Crippen molar-refractivity contribution in [2.45, 2.75) is 0 Å². The molecule has 54 heavy (non-hydrogen) atoms. The molecule has 0 aliphatic heterocycles. The lowest BCUT2D eigenvalue weighted by Gasteiger charge is -2.29. The van der Waals surface area contributed by atoms with E-state index in [4.69, 9.17) is 0 Å². The lowest BCUT2D eigenvalue weighted by molar-refractivity contribution is 1.32. The minimum absolute atomic E-state index is 1.12. The molecule has 0 fully saturated rings. The predicted octanol–water partition coefficient (Wildman–Crippen LogP) is 15.5. The Bertz CT molecular complexity index is 3230. The zero-order valence-electron chi connectivity index (χ0n) is 29.4. The third-order valence-electron chi connectivity index (χ3n) is 11.0. The number of rotatable bonds is 5. The Kier molecular flexibility index (Phi) is 7.11. The molecule has 0 aliphatic carbocycles. The van der Waals surface area contributed by atoms with Crippen molar-refractivity contribution in [3.63, 3.8) is 0 Å². The van der Waals surface area contributed by atoms with E-state index >= 15 is 0 Å². The molecule has 2 heteroatoms. The third kappa shape index (κ3) is 4.78. The molecule has 0 atom stereocenters. The van der Waals surface area contributed by atoms with E-state index < -0.39 is 0 Å². The highest BCUT2D eigenvalue weighted by Gasteiger charge is 2.23. The van der Waals surface area contributed by atoms with Crippen LogP contribution < -0.4 is 4.90 Å². The highest BCUT2D eigenvalue weighted by atomic mass is 32.1. The first-order chi connectivity index (χ1) is 26.8. The second kappa shape index (κ2) is 12.4. The summed E-state index contributed by atoms with van der Waals surface area (Å²) in [5, 5.41) is 12.6. The summed E-state index contributed by atoms with van der Waals surface area (Å²) in [5.41, 5.74) is 8.38. The maximum Gasteiger partial charge on any atom is 0.0640 e. The van der Waals surface area contributed by atoms with Crippen LogP contribution in [0.3, 0.4) is 0 Å². The van der Waals surface area contributed by atoms with Crippen molar-refractivity contribution in [1.29, 1.82) is 0 Å². The number of benzene rings is 10. The lowest BCUT2D eigenvalue weighted by atomic mass is 9.85. The van der Waals surface area contributed by atoms with Gasteiger partial charge in [-0.25, -0.2) is 0 Å². The Hall–Kier alpha value is -6.74. The minimum Gasteiger partial charge on any atom is -0.308 e. The fourth-order valence-corrected chi connectivity index (χ4v) is 9.89. The van der Waals surface area contributed by atoms with E-state index in [1.165, 1.54) is 91.2 Å². The van der Waals surface area contributed by atoms with Gasteiger partial charge in [0.2, 0.25) is 0 Å². The van der Waals surface area contributed by atoms with E-state index in [0.29, 0.717) is 0 Å². The van der Waals surface area contributed by atoms with Gasteiger partial charge in [-0.1, -0.05) is 170 Å². The molecule has 0 saturated carbocycles. The van der Waals surface area contributed by atoms with Crippen LogP contribution in [0.2, 0.25) is 0 Å². The van der Waals surface area contributed by atoms with Crippen LogP contribution in [0.15, 0.2) is 200 Å². The number of thiophene rings is 1. The molecule has 0 unspecified atom stereocenters. The first kappa shape index (κ1) is 30.8. The summed E-state index contributed by atoms with van der Waals surface area (Å²) in [5.74, 6) is 0. The standard InChI is InChI=1S/C52H33NS/c1-2-16-34(17-3-1)50-44-27-10-7-23-40(44)41-24-8-11-28-45(41)51(50)36-19-14-20-37(32-36)53(47-30-15-29-46-43-26-12-13-31-49(43)54-52(46)47)48-33-35-18-4-5-21-38(35)39-22-6-9-25-42(39)48/h1-33H. The zero-order valence-corrected chi connectivity index (χ0v) is 30.2. The fourth-order valence-electron chi connectivity index (χ4n) is 8.68. The normalized spacial score (nSPS) is 11.7. The second-order valence-electron chi connectivity index (χ2n) is 14.0. The second-order valence-corrected chi connectivity index (χ2v) is 15.1. The van der Waals surface area contributed by atoms with Crippen molar-refractivity contribution in [3.8, 4) is 22.3 Å². The quantitative estimate of drug-likeness (QED) is 0.161. The summed E-state index contributed by atoms with van der Waals surface area (Å²) in [7, 11) is 0. The van der Waals surface area contributed by atoms with Gasteiger partial charge in [0, 0.05) is 26.5 Å². The maximum absolute atomic E-state index is 2.52. The van der Waals surface area contributed by atoms with Crippen LogP contribution >= 0.6 is 11.3 Å². The molecule has 0 aliphatic rings. The number of anilines is 3. The molecule has 11 rings (SSSR count). The molecular formula is C52H33NS. The van der Waals surface area contributed by atoms with Crippen molar-refractivity contribution in [1.82, 2.24) is 0 Å². The zero-order chi connectivity index (χ0) is 35.6. The molecule has 0 bridgehead atoms. The van der Waals surface area contributed by atoms with E-state index in [1.54, 1.807) is 0 Å². The topological polar surface area (TPSA) is 3.24 Å². The summed E-state index contributed by atoms with van der Waals surface area (Å²) >= 11 is 1.88. The lowest BCUT2D eigenvalue weighted by Crippen LogP contribution is -2.11. The van der Waals surface area contributed by atoms with E-state index in [1.807, 2.05) is 11.3 Å². The number of fused-ring (bicyclic) bond motifs is 9. The van der Waals surface area contributed by atoms with Gasteiger partial charge in [-0.2, -0.15) is 0 Å². The molecule has 11 aromatic rings. The molecule has 1 aromatic heterocycles. The van der Waals surface area contributed by atoms with Gasteiger partial charge in [-0.05, 0) is 90.3 Å². The highest BCUT2D eigenvalue weighted by molar-refractivity contribution is 7.26. The van der Waals surface area contributed by atoms with Gasteiger partial charge in [-0.3, -0.25) is 0 Å². The van der Waals surface area contributed by atoms with Gasteiger partial charge in [0.1, 0.15) is 0 Å². The van der Waals surface area contributed by atoms with Crippen molar-refractivity contribution in [3.05, 3.63) is 200 Å². The number of hydrogen-bond donors (Lipinski definition) is 0. The molecule has 0 radical (unpaired) electrons. The number of hydrogen-bond acceptors (Lipinski definition) is 2. The van der Waals surface area contributed by atoms with Gasteiger partial charge in [-0.15, -0.1) is 11.3 Å². The summed E-state index contributed by atoms with van der Waals surface area (Å²) in [6.45, 7) is 0. The maximum atomic E-state index is 2.52. The van der Waals surface area contributed by atoms with Crippen LogP contribution in [-0.2, 0) is 0 Å². The van der Waals surface area contributed by atoms with Crippen LogP contribution in [0.4, 0.5) is 17.1 Å². The van der Waals surface area contributed by atoms with Crippen LogP contribution in [-0.4, -0.2) is 0 Å². The molecule has 0 N–H and O–H groups in total. The summed E-state index contributed by atoms with van der Waals surface area (Å²) in [6.07, 6.45) is 0. The van der Waals surface area contributed by atoms with Gasteiger partial charge in [0.25, 0.3) is 0 Å². The van der Waals surface area contributed by atoms with E-state index in [0.717, 1.165) is 11.4 Å². The largest absolute Gasteiger partial charge is 0.308 e. The Morgan fingerprint density at radius 2 is 0.833 bits per heavy atom. The molecule has 0 saturated heterocycles. The molecule has 252 valence electrons. The molecule has 1 nitrogen and oxygen atoms in total. The molecule has 10 aromatic carbocycles. The Balaban J connectivity index is 1.25. The van der Waals surface area contributed by atoms with E-state index in [2.05, 4.69) is 205 Å². The van der Waals surface area contributed by atoms with Crippen molar-refractivity contribution >= 4 is 91.7 Å². The van der Waals surface area contributed by atoms with E-state index in [-0.39, 0.29) is 0 Å². The summed E-state index contributed by atoms with van der Waals surface area (Å²) in [4.78, 5) is 2.52. The number of nitrogens with zero attached hydrogens (tertiary/aromatic N) is 1. The van der Waals surface area contributed by atoms with Crippen LogP contribution in [0.1, 0.15) is 0 Å². The first-order valence-corrected chi connectivity index (χ1v) is 19.3. The van der Waals surface area contributed by atoms with E-state index in [9.17, 15) is 0 Å². The van der Waals surface area contributed by atoms with Crippen LogP contribution in [0.5, 0.6) is 0 Å². The average molecular weight is 704 g/mol. The molecule has 0 spiro atoms. The summed E-state index contributed by atoms with van der Waals surface area (Å²) < 4.78 is 2.58. The predicted molar refractivity (Wildman–Crippen MR) is 235 cm³/mol. The first-order valence-electron chi connectivity index (χ1n) is 18.5. The van der Waals surface area contributed by atoms with Gasteiger partial charge < -0.3 is 4.90 Å². The highest BCUT2D eigenvalue weighted by Crippen LogP contribution is 2.50. The summed E-state index contributed by atoms with van der Waals surface area (Å²) in [6, 6.07) is 73.6. The Morgan fingerprint density at radius 1 is 0.315 bits per heavy atom. The molecular weight excluding hydrogens is 671 g/mol. The minimum atomic E-state index is 1.12. The smallest absolute Gasteiger partial charge is 0.0640 e. The van der Waals surface area contributed by atoms with Crippen LogP contribution in [0.25, 0.3) is 85.5 Å². The molecule has 0 amide bonds. The average Bonchev–Trinajstić information content (AvgIpc) is 3.63. The van der Waals surface area contributed by atoms with Crippen molar-refractivity contribution in [2.75, 3.05) is 4.90 Å².